The maximum Gasteiger partial charge on any atom is 0.243 e. The Balaban J connectivity index is 1.47. The molecule has 42 heavy (non-hydrogen) atoms. The SMILES string of the molecule is NCc1ccc(Cl)cc1CNC(=O)[C@@H]1CCCN1C(=O)[C@@H](CCC(=O)N1CC[C@H](O)C1)NS(=O)(=O)Cc1ccccc1. The third-order valence-corrected chi connectivity index (χ3v) is 9.25. The van der Waals surface area contributed by atoms with Gasteiger partial charge in [-0.05, 0) is 54.5 Å². The number of β-amino-alcohol motifs (C(OH)–C–C–N with tert-alkyl or cyclic N) is 1. The Morgan fingerprint density at radius 2 is 1.83 bits per heavy atom. The molecule has 11 nitrogen and oxygen atoms in total. The first-order valence-corrected chi connectivity index (χ1v) is 16.1. The third-order valence-electron chi connectivity index (χ3n) is 7.66. The molecular formula is C29H38ClN5O6S. The van der Waals surface area contributed by atoms with E-state index in [0.29, 0.717) is 36.4 Å². The predicted molar refractivity (Wildman–Crippen MR) is 158 cm³/mol. The van der Waals surface area contributed by atoms with Gasteiger partial charge in [0, 0.05) is 44.2 Å². The van der Waals surface area contributed by atoms with Crippen molar-refractivity contribution in [1.29, 1.82) is 0 Å². The minimum Gasteiger partial charge on any atom is -0.391 e. The molecule has 5 N–H and O–H groups in total. The van der Waals surface area contributed by atoms with Crippen molar-refractivity contribution in [3.05, 3.63) is 70.2 Å². The monoisotopic (exact) mass is 619 g/mol. The highest BCUT2D eigenvalue weighted by molar-refractivity contribution is 7.88. The van der Waals surface area contributed by atoms with E-state index in [4.69, 9.17) is 17.3 Å². The van der Waals surface area contributed by atoms with E-state index in [-0.39, 0.29) is 56.6 Å². The Labute approximate surface area is 251 Å². The highest BCUT2D eigenvalue weighted by Gasteiger charge is 2.39. The van der Waals surface area contributed by atoms with Crippen LogP contribution in [0, 0.1) is 0 Å². The van der Waals surface area contributed by atoms with Crippen molar-refractivity contribution < 1.29 is 27.9 Å². The maximum atomic E-state index is 13.8. The number of halogens is 1. The van der Waals surface area contributed by atoms with Gasteiger partial charge >= 0.3 is 0 Å². The third kappa shape index (κ3) is 8.51. The van der Waals surface area contributed by atoms with Gasteiger partial charge in [-0.2, -0.15) is 0 Å². The fraction of sp³-hybridized carbons (Fsp3) is 0.483. The van der Waals surface area contributed by atoms with E-state index >= 15 is 0 Å². The molecule has 2 aliphatic heterocycles. The normalized spacial score (nSPS) is 19.6. The molecule has 2 saturated heterocycles. The van der Waals surface area contributed by atoms with Crippen LogP contribution in [0.3, 0.4) is 0 Å². The van der Waals surface area contributed by atoms with Crippen molar-refractivity contribution in [1.82, 2.24) is 19.8 Å². The van der Waals surface area contributed by atoms with Gasteiger partial charge in [0.1, 0.15) is 12.1 Å². The molecule has 2 fully saturated rings. The summed E-state index contributed by atoms with van der Waals surface area (Å²) in [6.07, 6.45) is 0.717. The van der Waals surface area contributed by atoms with E-state index in [0.717, 1.165) is 11.1 Å². The number of rotatable bonds is 12. The van der Waals surface area contributed by atoms with E-state index in [9.17, 15) is 27.9 Å². The molecule has 2 aliphatic rings. The molecule has 4 rings (SSSR count). The average molecular weight is 620 g/mol. The molecule has 0 spiro atoms. The number of nitrogens with zero attached hydrogens (tertiary/aromatic N) is 2. The first-order chi connectivity index (χ1) is 20.1. The lowest BCUT2D eigenvalue weighted by molar-refractivity contribution is -0.140. The molecule has 0 unspecified atom stereocenters. The minimum atomic E-state index is -3.97. The lowest BCUT2D eigenvalue weighted by atomic mass is 10.1. The van der Waals surface area contributed by atoms with Crippen LogP contribution in [-0.4, -0.2) is 78.9 Å². The van der Waals surface area contributed by atoms with Gasteiger partial charge in [-0.25, -0.2) is 13.1 Å². The Hall–Kier alpha value is -3.03. The highest BCUT2D eigenvalue weighted by Crippen LogP contribution is 2.22. The van der Waals surface area contributed by atoms with Gasteiger partial charge in [0.15, 0.2) is 0 Å². The largest absolute Gasteiger partial charge is 0.391 e. The van der Waals surface area contributed by atoms with Gasteiger partial charge in [-0.1, -0.05) is 48.0 Å². The summed E-state index contributed by atoms with van der Waals surface area (Å²) in [7, 11) is -3.97. The summed E-state index contributed by atoms with van der Waals surface area (Å²) in [6.45, 7) is 1.35. The number of amides is 3. The second kappa shape index (κ2) is 14.4. The second-order valence-electron chi connectivity index (χ2n) is 10.8. The summed E-state index contributed by atoms with van der Waals surface area (Å²) in [5.41, 5.74) is 7.97. The van der Waals surface area contributed by atoms with Crippen LogP contribution in [0.2, 0.25) is 5.02 Å². The number of hydrogen-bond donors (Lipinski definition) is 4. The molecule has 0 radical (unpaired) electrons. The molecule has 0 aliphatic carbocycles. The molecule has 3 atom stereocenters. The van der Waals surface area contributed by atoms with Crippen molar-refractivity contribution in [3.8, 4) is 0 Å². The molecule has 2 heterocycles. The Morgan fingerprint density at radius 1 is 1.07 bits per heavy atom. The Bertz CT molecular complexity index is 1380. The molecule has 0 bridgehead atoms. The lowest BCUT2D eigenvalue weighted by Crippen LogP contribution is -2.53. The molecule has 0 aromatic heterocycles. The molecule has 2 aromatic rings. The lowest BCUT2D eigenvalue weighted by Gasteiger charge is -2.29. The van der Waals surface area contributed by atoms with E-state index in [2.05, 4.69) is 10.0 Å². The van der Waals surface area contributed by atoms with Crippen LogP contribution in [0.4, 0.5) is 0 Å². The van der Waals surface area contributed by atoms with E-state index in [1.54, 1.807) is 48.5 Å². The maximum absolute atomic E-state index is 13.8. The number of benzene rings is 2. The molecule has 13 heteroatoms. The number of sulfonamides is 1. The number of carbonyl (C=O) groups excluding carboxylic acids is 3. The van der Waals surface area contributed by atoms with Crippen molar-refractivity contribution in [3.63, 3.8) is 0 Å². The first-order valence-electron chi connectivity index (χ1n) is 14.1. The standard InChI is InChI=1S/C29H38ClN5O6S/c30-23-9-8-21(16-31)22(15-23)17-32-28(38)26-7-4-13-35(26)29(39)25(10-11-27(37)34-14-12-24(36)18-34)33-42(40,41)19-20-5-2-1-3-6-20/h1-3,5-6,8-9,15,24-26,33,36H,4,7,10-14,16-19,31H2,(H,32,38)/t24-,25+,26-/m0/s1. The topological polar surface area (TPSA) is 162 Å². The molecule has 0 saturated carbocycles. The minimum absolute atomic E-state index is 0.0779. The van der Waals surface area contributed by atoms with E-state index < -0.39 is 34.1 Å². The van der Waals surface area contributed by atoms with Gasteiger partial charge in [0.25, 0.3) is 0 Å². The summed E-state index contributed by atoms with van der Waals surface area (Å²) in [4.78, 5) is 42.8. The number of likely N-dealkylation sites (tertiary alicyclic amines) is 2. The van der Waals surface area contributed by atoms with Crippen molar-refractivity contribution in [2.45, 2.75) is 69.1 Å². The van der Waals surface area contributed by atoms with Crippen LogP contribution < -0.4 is 15.8 Å². The Kier molecular flexibility index (Phi) is 11.0. The van der Waals surface area contributed by atoms with Gasteiger partial charge in [-0.15, -0.1) is 0 Å². The fourth-order valence-electron chi connectivity index (χ4n) is 5.44. The van der Waals surface area contributed by atoms with Crippen molar-refractivity contribution in [2.24, 2.45) is 5.73 Å². The second-order valence-corrected chi connectivity index (χ2v) is 13.0. The van der Waals surface area contributed by atoms with Gasteiger partial charge < -0.3 is 26.0 Å². The van der Waals surface area contributed by atoms with Crippen LogP contribution in [0.25, 0.3) is 0 Å². The van der Waals surface area contributed by atoms with Gasteiger partial charge in [0.05, 0.1) is 11.9 Å². The summed E-state index contributed by atoms with van der Waals surface area (Å²) in [5.74, 6) is -1.52. The number of carbonyl (C=O) groups is 3. The zero-order valence-corrected chi connectivity index (χ0v) is 24.9. The van der Waals surface area contributed by atoms with Crippen LogP contribution >= 0.6 is 11.6 Å². The summed E-state index contributed by atoms with van der Waals surface area (Å²) < 4.78 is 28.8. The average Bonchev–Trinajstić information content (AvgIpc) is 3.63. The highest BCUT2D eigenvalue weighted by atomic mass is 35.5. The molecule has 228 valence electrons. The number of aliphatic hydroxyl groups excluding tert-OH is 1. The zero-order valence-electron chi connectivity index (χ0n) is 23.4. The zero-order chi connectivity index (χ0) is 30.3. The predicted octanol–water partition coefficient (Wildman–Crippen LogP) is 1.27. The van der Waals surface area contributed by atoms with Gasteiger partial charge in [-0.3, -0.25) is 14.4 Å². The van der Waals surface area contributed by atoms with Crippen LogP contribution in [0.1, 0.15) is 48.8 Å². The summed E-state index contributed by atoms with van der Waals surface area (Å²) >= 11 is 6.12. The van der Waals surface area contributed by atoms with Crippen molar-refractivity contribution >= 4 is 39.3 Å². The number of aliphatic hydroxyl groups is 1. The molecule has 3 amide bonds. The van der Waals surface area contributed by atoms with Crippen LogP contribution in [0.15, 0.2) is 48.5 Å². The number of nitrogens with one attached hydrogen (secondary N) is 2. The Morgan fingerprint density at radius 3 is 2.52 bits per heavy atom. The van der Waals surface area contributed by atoms with Crippen molar-refractivity contribution in [2.75, 3.05) is 19.6 Å². The van der Waals surface area contributed by atoms with Crippen LogP contribution in [-0.2, 0) is 43.2 Å². The van der Waals surface area contributed by atoms with E-state index in [1.807, 2.05) is 0 Å². The summed E-state index contributed by atoms with van der Waals surface area (Å²) in [6, 6.07) is 11.8. The number of hydrogen-bond acceptors (Lipinski definition) is 7. The smallest absolute Gasteiger partial charge is 0.243 e. The first kappa shape index (κ1) is 31.9. The van der Waals surface area contributed by atoms with Gasteiger partial charge in [0.2, 0.25) is 27.7 Å². The van der Waals surface area contributed by atoms with Crippen LogP contribution in [0.5, 0.6) is 0 Å². The molecule has 2 aromatic carbocycles. The number of nitrogens with two attached hydrogens (primary N) is 1. The quantitative estimate of drug-likeness (QED) is 0.278. The fourth-order valence-corrected chi connectivity index (χ4v) is 7.00. The van der Waals surface area contributed by atoms with E-state index in [1.165, 1.54) is 9.80 Å². The molecular weight excluding hydrogens is 582 g/mol. The summed E-state index contributed by atoms with van der Waals surface area (Å²) in [5, 5.41) is 13.2.